The Labute approximate surface area is 95.0 Å². The van der Waals surface area contributed by atoms with Gasteiger partial charge in [0.2, 0.25) is 0 Å². The Bertz CT molecular complexity index is 432. The molecule has 0 spiro atoms. The van der Waals surface area contributed by atoms with Crippen LogP contribution in [0.25, 0.3) is 10.8 Å². The largest absolute Gasteiger partial charge is 0.114 e. The lowest BCUT2D eigenvalue weighted by atomic mass is 10.1. The van der Waals surface area contributed by atoms with E-state index in [9.17, 15) is 0 Å². The van der Waals surface area contributed by atoms with Crippen LogP contribution >= 0.6 is 17.0 Å². The van der Waals surface area contributed by atoms with Crippen molar-refractivity contribution in [1.29, 1.82) is 0 Å². The molecular formula is C13H13Br. The molecular weight excluding hydrogens is 236 g/mol. The Morgan fingerprint density at radius 3 is 2.43 bits per heavy atom. The van der Waals surface area contributed by atoms with Gasteiger partial charge in [-0.15, -0.1) is 23.6 Å². The van der Waals surface area contributed by atoms with E-state index in [1.54, 1.807) is 0 Å². The van der Waals surface area contributed by atoms with Crippen LogP contribution in [0.3, 0.4) is 0 Å². The molecule has 0 aromatic heterocycles. The van der Waals surface area contributed by atoms with E-state index in [1.807, 2.05) is 6.08 Å². The zero-order valence-corrected chi connectivity index (χ0v) is 9.65. The average molecular weight is 249 g/mol. The summed E-state index contributed by atoms with van der Waals surface area (Å²) in [6, 6.07) is 14.9. The van der Waals surface area contributed by atoms with Crippen molar-refractivity contribution < 1.29 is 0 Å². The van der Waals surface area contributed by atoms with E-state index in [0.717, 1.165) is 6.42 Å². The number of allylic oxidation sites excluding steroid dienone is 1. The van der Waals surface area contributed by atoms with Gasteiger partial charge in [0.05, 0.1) is 0 Å². The number of benzene rings is 2. The fourth-order valence-electron chi connectivity index (χ4n) is 1.53. The highest BCUT2D eigenvalue weighted by Gasteiger charge is 1.93. The zero-order valence-electron chi connectivity index (χ0n) is 7.94. The summed E-state index contributed by atoms with van der Waals surface area (Å²) in [5.74, 6) is 0. The van der Waals surface area contributed by atoms with E-state index >= 15 is 0 Å². The van der Waals surface area contributed by atoms with Crippen molar-refractivity contribution in [1.82, 2.24) is 0 Å². The minimum absolute atomic E-state index is 0. The van der Waals surface area contributed by atoms with Crippen molar-refractivity contribution in [3.05, 3.63) is 60.7 Å². The molecule has 0 saturated heterocycles. The Balaban J connectivity index is 0.000000980. The fraction of sp³-hybridized carbons (Fsp3) is 0.0769. The monoisotopic (exact) mass is 248 g/mol. The van der Waals surface area contributed by atoms with Gasteiger partial charge in [-0.05, 0) is 22.8 Å². The van der Waals surface area contributed by atoms with Crippen LogP contribution in [-0.2, 0) is 6.42 Å². The van der Waals surface area contributed by atoms with Crippen molar-refractivity contribution >= 4 is 27.8 Å². The third-order valence-electron chi connectivity index (χ3n) is 2.19. The summed E-state index contributed by atoms with van der Waals surface area (Å²) < 4.78 is 0. The zero-order chi connectivity index (χ0) is 9.10. The molecule has 1 heteroatoms. The third-order valence-corrected chi connectivity index (χ3v) is 2.19. The van der Waals surface area contributed by atoms with Crippen LogP contribution < -0.4 is 0 Å². The summed E-state index contributed by atoms with van der Waals surface area (Å²) in [6.07, 6.45) is 2.88. The summed E-state index contributed by atoms with van der Waals surface area (Å²) in [4.78, 5) is 0. The summed E-state index contributed by atoms with van der Waals surface area (Å²) in [5, 5.41) is 2.61. The first-order valence-electron chi connectivity index (χ1n) is 4.49. The molecule has 0 unspecified atom stereocenters. The minimum Gasteiger partial charge on any atom is -0.114 e. The molecule has 2 aromatic carbocycles. The summed E-state index contributed by atoms with van der Waals surface area (Å²) in [7, 11) is 0. The van der Waals surface area contributed by atoms with Gasteiger partial charge in [-0.2, -0.15) is 0 Å². The predicted octanol–water partition coefficient (Wildman–Crippen LogP) is 4.15. The molecule has 0 aliphatic heterocycles. The lowest BCUT2D eigenvalue weighted by Crippen LogP contribution is -1.80. The van der Waals surface area contributed by atoms with E-state index in [2.05, 4.69) is 49.0 Å². The number of halogens is 1. The van der Waals surface area contributed by atoms with Crippen LogP contribution in [0.1, 0.15) is 5.56 Å². The molecule has 0 aliphatic rings. The molecule has 0 bridgehead atoms. The Morgan fingerprint density at radius 2 is 1.71 bits per heavy atom. The average Bonchev–Trinajstić information content (AvgIpc) is 2.18. The molecule has 0 atom stereocenters. The van der Waals surface area contributed by atoms with Crippen molar-refractivity contribution in [2.75, 3.05) is 0 Å². The van der Waals surface area contributed by atoms with Crippen LogP contribution in [0.2, 0.25) is 0 Å². The van der Waals surface area contributed by atoms with E-state index < -0.39 is 0 Å². The van der Waals surface area contributed by atoms with Crippen LogP contribution in [0.15, 0.2) is 55.1 Å². The SMILES string of the molecule is Br.C=CCc1ccc2ccccc2c1. The molecule has 0 aliphatic carbocycles. The molecule has 0 amide bonds. The molecule has 0 saturated carbocycles. The number of hydrogen-bond acceptors (Lipinski definition) is 0. The fourth-order valence-corrected chi connectivity index (χ4v) is 1.53. The highest BCUT2D eigenvalue weighted by atomic mass is 79.9. The van der Waals surface area contributed by atoms with Crippen molar-refractivity contribution in [3.8, 4) is 0 Å². The highest BCUT2D eigenvalue weighted by Crippen LogP contribution is 2.15. The molecule has 14 heavy (non-hydrogen) atoms. The van der Waals surface area contributed by atoms with Crippen molar-refractivity contribution in [2.45, 2.75) is 6.42 Å². The van der Waals surface area contributed by atoms with Crippen LogP contribution in [0.4, 0.5) is 0 Å². The van der Waals surface area contributed by atoms with Crippen LogP contribution in [0.5, 0.6) is 0 Å². The van der Waals surface area contributed by atoms with Gasteiger partial charge < -0.3 is 0 Å². The molecule has 2 rings (SSSR count). The van der Waals surface area contributed by atoms with Crippen LogP contribution in [0, 0.1) is 0 Å². The van der Waals surface area contributed by atoms with Crippen LogP contribution in [-0.4, -0.2) is 0 Å². The molecule has 72 valence electrons. The maximum absolute atomic E-state index is 3.74. The molecule has 0 radical (unpaired) electrons. The lowest BCUT2D eigenvalue weighted by molar-refractivity contribution is 1.29. The van der Waals surface area contributed by atoms with E-state index in [4.69, 9.17) is 0 Å². The number of hydrogen-bond donors (Lipinski definition) is 0. The third kappa shape index (κ3) is 2.24. The summed E-state index contributed by atoms with van der Waals surface area (Å²) in [6.45, 7) is 3.74. The Hall–Kier alpha value is -1.08. The first-order valence-corrected chi connectivity index (χ1v) is 4.49. The highest BCUT2D eigenvalue weighted by molar-refractivity contribution is 8.93. The van der Waals surface area contributed by atoms with Gasteiger partial charge in [0.15, 0.2) is 0 Å². The molecule has 0 heterocycles. The van der Waals surface area contributed by atoms with E-state index in [1.165, 1.54) is 16.3 Å². The quantitative estimate of drug-likeness (QED) is 0.701. The smallest absolute Gasteiger partial charge is 0.00999 e. The maximum Gasteiger partial charge on any atom is -0.00999 e. The summed E-state index contributed by atoms with van der Waals surface area (Å²) >= 11 is 0. The predicted molar refractivity (Wildman–Crippen MR) is 68.2 cm³/mol. The van der Waals surface area contributed by atoms with Gasteiger partial charge in [0.25, 0.3) is 0 Å². The Morgan fingerprint density at radius 1 is 1.00 bits per heavy atom. The van der Waals surface area contributed by atoms with Gasteiger partial charge in [0, 0.05) is 0 Å². The van der Waals surface area contributed by atoms with E-state index in [-0.39, 0.29) is 17.0 Å². The standard InChI is InChI=1S/C13H12.BrH/c1-2-5-11-8-9-12-6-3-4-7-13(12)10-11;/h2-4,6-10H,1,5H2;1H. The Kier molecular flexibility index (Phi) is 3.90. The van der Waals surface area contributed by atoms with Gasteiger partial charge in [-0.1, -0.05) is 48.5 Å². The maximum atomic E-state index is 3.74. The molecule has 0 N–H and O–H groups in total. The minimum atomic E-state index is 0. The topological polar surface area (TPSA) is 0 Å². The van der Waals surface area contributed by atoms with Gasteiger partial charge in [-0.3, -0.25) is 0 Å². The lowest BCUT2D eigenvalue weighted by Gasteiger charge is -2.00. The van der Waals surface area contributed by atoms with Gasteiger partial charge in [0.1, 0.15) is 0 Å². The summed E-state index contributed by atoms with van der Waals surface area (Å²) in [5.41, 5.74) is 1.33. The second-order valence-corrected chi connectivity index (χ2v) is 3.17. The van der Waals surface area contributed by atoms with Crippen molar-refractivity contribution in [2.24, 2.45) is 0 Å². The second-order valence-electron chi connectivity index (χ2n) is 3.17. The number of fused-ring (bicyclic) bond motifs is 1. The molecule has 0 nitrogen and oxygen atoms in total. The first-order chi connectivity index (χ1) is 6.40. The molecule has 2 aromatic rings. The van der Waals surface area contributed by atoms with E-state index in [0.29, 0.717) is 0 Å². The van der Waals surface area contributed by atoms with Gasteiger partial charge in [-0.25, -0.2) is 0 Å². The number of rotatable bonds is 2. The normalized spacial score (nSPS) is 9.43. The van der Waals surface area contributed by atoms with Gasteiger partial charge >= 0.3 is 0 Å². The molecule has 0 fully saturated rings. The first kappa shape index (κ1) is 11.0. The van der Waals surface area contributed by atoms with Crippen molar-refractivity contribution in [3.63, 3.8) is 0 Å². The second kappa shape index (κ2) is 4.97.